The molecule has 222 valence electrons. The molecular formula is C32H41N7O3. The van der Waals surface area contributed by atoms with Gasteiger partial charge in [0, 0.05) is 50.0 Å². The Labute approximate surface area is 247 Å². The molecule has 42 heavy (non-hydrogen) atoms. The number of carbonyl (C=O) groups is 3. The van der Waals surface area contributed by atoms with Crippen LogP contribution in [0.5, 0.6) is 0 Å². The molecule has 0 aliphatic heterocycles. The van der Waals surface area contributed by atoms with Crippen LogP contribution in [0.4, 0.5) is 11.8 Å². The normalized spacial score (nSPS) is 17.0. The Hall–Kier alpha value is -4.47. The van der Waals surface area contributed by atoms with Crippen LogP contribution in [-0.4, -0.2) is 66.5 Å². The molecule has 1 aliphatic rings. The molecule has 3 aromatic rings. The van der Waals surface area contributed by atoms with E-state index >= 15 is 0 Å². The fourth-order valence-corrected chi connectivity index (χ4v) is 5.00. The second-order valence-electron chi connectivity index (χ2n) is 10.8. The van der Waals surface area contributed by atoms with Crippen LogP contribution in [0, 0.1) is 0 Å². The Kier molecular flexibility index (Phi) is 11.3. The number of nitrogens with zero attached hydrogens (tertiary/aromatic N) is 3. The van der Waals surface area contributed by atoms with Gasteiger partial charge in [-0.2, -0.15) is 4.98 Å². The zero-order valence-electron chi connectivity index (χ0n) is 24.4. The third kappa shape index (κ3) is 9.29. The van der Waals surface area contributed by atoms with Crippen LogP contribution >= 0.6 is 0 Å². The van der Waals surface area contributed by atoms with E-state index in [2.05, 4.69) is 31.2 Å². The lowest BCUT2D eigenvalue weighted by atomic mass is 9.91. The van der Waals surface area contributed by atoms with Crippen molar-refractivity contribution in [2.75, 3.05) is 30.9 Å². The first-order valence-corrected chi connectivity index (χ1v) is 14.7. The van der Waals surface area contributed by atoms with Crippen molar-refractivity contribution >= 4 is 29.5 Å². The minimum atomic E-state index is -0.666. The van der Waals surface area contributed by atoms with E-state index in [1.54, 1.807) is 42.6 Å². The molecule has 0 bridgehead atoms. The van der Waals surface area contributed by atoms with Crippen LogP contribution in [0.25, 0.3) is 0 Å². The number of hydrogen-bond donors (Lipinski definition) is 4. The maximum Gasteiger partial charge on any atom is 0.251 e. The van der Waals surface area contributed by atoms with Gasteiger partial charge in [0.15, 0.2) is 0 Å². The quantitative estimate of drug-likeness (QED) is 0.230. The number of carbonyl (C=O) groups excluding carboxylic acids is 3. The lowest BCUT2D eigenvalue weighted by molar-refractivity contribution is -0.124. The minimum Gasteiger partial charge on any atom is -0.363 e. The summed E-state index contributed by atoms with van der Waals surface area (Å²) in [6.45, 7) is 0.493. The predicted octanol–water partition coefficient (Wildman–Crippen LogP) is 3.78. The van der Waals surface area contributed by atoms with E-state index in [0.29, 0.717) is 42.9 Å². The van der Waals surface area contributed by atoms with Gasteiger partial charge in [-0.3, -0.25) is 14.4 Å². The molecule has 0 unspecified atom stereocenters. The maximum atomic E-state index is 13.4. The molecule has 1 aromatic heterocycles. The average Bonchev–Trinajstić information content (AvgIpc) is 3.02. The molecule has 3 amide bonds. The molecule has 1 saturated carbocycles. The first kappa shape index (κ1) is 30.5. The topological polar surface area (TPSA) is 128 Å². The van der Waals surface area contributed by atoms with Crippen molar-refractivity contribution < 1.29 is 14.4 Å². The lowest BCUT2D eigenvalue weighted by Gasteiger charge is -2.31. The molecule has 4 N–H and O–H groups in total. The molecule has 1 heterocycles. The Morgan fingerprint density at radius 3 is 2.10 bits per heavy atom. The van der Waals surface area contributed by atoms with Crippen LogP contribution in [-0.2, 0) is 4.79 Å². The predicted molar refractivity (Wildman–Crippen MR) is 164 cm³/mol. The number of unbranched alkanes of at least 4 members (excludes halogenated alkanes) is 1. The van der Waals surface area contributed by atoms with Crippen LogP contribution in [0.3, 0.4) is 0 Å². The minimum absolute atomic E-state index is 0.0332. The van der Waals surface area contributed by atoms with E-state index in [1.807, 2.05) is 49.3 Å². The van der Waals surface area contributed by atoms with Gasteiger partial charge in [0.05, 0.1) is 0 Å². The van der Waals surface area contributed by atoms with E-state index in [-0.39, 0.29) is 29.8 Å². The number of nitrogens with one attached hydrogen (secondary N) is 4. The Bertz CT molecular complexity index is 1300. The van der Waals surface area contributed by atoms with Gasteiger partial charge in [0.25, 0.3) is 11.8 Å². The summed E-state index contributed by atoms with van der Waals surface area (Å²) >= 11 is 0. The molecule has 2 aromatic carbocycles. The van der Waals surface area contributed by atoms with Crippen molar-refractivity contribution in [2.45, 2.75) is 63.1 Å². The molecule has 0 spiro atoms. The SMILES string of the molecule is CN(C)c1ccnc(N[C@H]2CC[C@@H](NC(=O)[C@H](CCCCNC(=O)c3ccccc3)NC(=O)c3ccccc3)CC2)n1. The zero-order chi connectivity index (χ0) is 29.7. The van der Waals surface area contributed by atoms with Gasteiger partial charge in [-0.25, -0.2) is 4.98 Å². The van der Waals surface area contributed by atoms with E-state index in [9.17, 15) is 14.4 Å². The van der Waals surface area contributed by atoms with Crippen LogP contribution in [0.1, 0.15) is 65.7 Å². The highest BCUT2D eigenvalue weighted by atomic mass is 16.2. The molecule has 1 aliphatic carbocycles. The van der Waals surface area contributed by atoms with Crippen molar-refractivity contribution in [3.8, 4) is 0 Å². The number of rotatable bonds is 13. The second-order valence-corrected chi connectivity index (χ2v) is 10.8. The van der Waals surface area contributed by atoms with Gasteiger partial charge in [-0.05, 0) is 75.3 Å². The fraction of sp³-hybridized carbons (Fsp3) is 0.406. The molecule has 0 radical (unpaired) electrons. The molecule has 1 atom stereocenters. The highest BCUT2D eigenvalue weighted by Crippen LogP contribution is 2.22. The van der Waals surface area contributed by atoms with Crippen molar-refractivity contribution in [2.24, 2.45) is 0 Å². The van der Waals surface area contributed by atoms with E-state index < -0.39 is 6.04 Å². The largest absolute Gasteiger partial charge is 0.363 e. The van der Waals surface area contributed by atoms with E-state index in [4.69, 9.17) is 0 Å². The highest BCUT2D eigenvalue weighted by molar-refractivity contribution is 5.97. The Morgan fingerprint density at radius 1 is 0.833 bits per heavy atom. The molecule has 4 rings (SSSR count). The first-order chi connectivity index (χ1) is 20.4. The molecule has 0 saturated heterocycles. The standard InChI is InChI=1S/C32H41N7O3/c1-39(2)28-20-22-34-32(38-28)36-26-18-16-25(17-19-26)35-31(42)27(37-30(41)24-13-7-4-8-14-24)15-9-10-21-33-29(40)23-11-5-3-6-12-23/h3-8,11-14,20,22,25-27H,9-10,15-19,21H2,1-2H3,(H,33,40)(H,35,42)(H,37,41)(H,34,36,38)/t25-,26+,27-/m0/s1. The number of amides is 3. The van der Waals surface area contributed by atoms with Crippen LogP contribution < -0.4 is 26.2 Å². The van der Waals surface area contributed by atoms with Crippen LogP contribution in [0.2, 0.25) is 0 Å². The van der Waals surface area contributed by atoms with Gasteiger partial charge >= 0.3 is 0 Å². The Morgan fingerprint density at radius 2 is 1.45 bits per heavy atom. The maximum absolute atomic E-state index is 13.4. The molecule has 1 fully saturated rings. The Balaban J connectivity index is 1.26. The third-order valence-corrected chi connectivity index (χ3v) is 7.40. The number of anilines is 2. The summed E-state index contributed by atoms with van der Waals surface area (Å²) in [4.78, 5) is 49.4. The molecular weight excluding hydrogens is 530 g/mol. The summed E-state index contributed by atoms with van der Waals surface area (Å²) in [5.41, 5.74) is 1.13. The van der Waals surface area contributed by atoms with Gasteiger partial charge < -0.3 is 26.2 Å². The van der Waals surface area contributed by atoms with Gasteiger partial charge in [0.1, 0.15) is 11.9 Å². The second kappa shape index (κ2) is 15.5. The van der Waals surface area contributed by atoms with E-state index in [1.165, 1.54) is 0 Å². The number of aromatic nitrogens is 2. The van der Waals surface area contributed by atoms with Gasteiger partial charge in [0.2, 0.25) is 11.9 Å². The lowest BCUT2D eigenvalue weighted by Crippen LogP contribution is -2.50. The van der Waals surface area contributed by atoms with Crippen LogP contribution in [0.15, 0.2) is 72.9 Å². The smallest absolute Gasteiger partial charge is 0.251 e. The monoisotopic (exact) mass is 571 g/mol. The van der Waals surface area contributed by atoms with Gasteiger partial charge in [-0.1, -0.05) is 36.4 Å². The summed E-state index contributed by atoms with van der Waals surface area (Å²) in [6, 6.07) is 19.4. The molecule has 10 heteroatoms. The summed E-state index contributed by atoms with van der Waals surface area (Å²) in [5.74, 6) is 0.879. The third-order valence-electron chi connectivity index (χ3n) is 7.40. The first-order valence-electron chi connectivity index (χ1n) is 14.7. The summed E-state index contributed by atoms with van der Waals surface area (Å²) in [7, 11) is 3.89. The highest BCUT2D eigenvalue weighted by Gasteiger charge is 2.27. The average molecular weight is 572 g/mol. The summed E-state index contributed by atoms with van der Waals surface area (Å²) in [6.07, 6.45) is 6.98. The van der Waals surface area contributed by atoms with Gasteiger partial charge in [-0.15, -0.1) is 0 Å². The summed E-state index contributed by atoms with van der Waals surface area (Å²) < 4.78 is 0. The van der Waals surface area contributed by atoms with Crippen molar-refractivity contribution in [1.82, 2.24) is 25.9 Å². The van der Waals surface area contributed by atoms with Crippen molar-refractivity contribution in [1.29, 1.82) is 0 Å². The zero-order valence-corrected chi connectivity index (χ0v) is 24.4. The van der Waals surface area contributed by atoms with Crippen molar-refractivity contribution in [3.05, 3.63) is 84.1 Å². The van der Waals surface area contributed by atoms with Crippen molar-refractivity contribution in [3.63, 3.8) is 0 Å². The molecule has 10 nitrogen and oxygen atoms in total. The number of hydrogen-bond acceptors (Lipinski definition) is 7. The van der Waals surface area contributed by atoms with E-state index in [0.717, 1.165) is 31.5 Å². The fourth-order valence-electron chi connectivity index (χ4n) is 5.00. The number of benzene rings is 2. The summed E-state index contributed by atoms with van der Waals surface area (Å²) in [5, 5.41) is 12.5.